The zero-order valence-corrected chi connectivity index (χ0v) is 9.75. The van der Waals surface area contributed by atoms with Gasteiger partial charge in [-0.3, -0.25) is 9.89 Å². The molecule has 0 aromatic carbocycles. The number of nitrogens with one attached hydrogen (secondary N) is 2. The summed E-state index contributed by atoms with van der Waals surface area (Å²) in [6, 6.07) is 1.88. The maximum absolute atomic E-state index is 12.1. The second-order valence-electron chi connectivity index (χ2n) is 4.61. The van der Waals surface area contributed by atoms with Gasteiger partial charge in [0.25, 0.3) is 0 Å². The molecule has 0 atom stereocenters. The van der Waals surface area contributed by atoms with Gasteiger partial charge in [0.1, 0.15) is 0 Å². The lowest BCUT2D eigenvalue weighted by Gasteiger charge is -2.25. The molecule has 1 fully saturated rings. The second kappa shape index (κ2) is 4.68. The lowest BCUT2D eigenvalue weighted by atomic mass is 9.82. The number of amides is 1. The van der Waals surface area contributed by atoms with Gasteiger partial charge in [-0.25, -0.2) is 0 Å². The van der Waals surface area contributed by atoms with E-state index < -0.39 is 0 Å². The maximum atomic E-state index is 12.1. The van der Waals surface area contributed by atoms with Crippen LogP contribution in [0.3, 0.4) is 0 Å². The van der Waals surface area contributed by atoms with Crippen molar-refractivity contribution in [3.63, 3.8) is 0 Å². The van der Waals surface area contributed by atoms with Crippen molar-refractivity contribution in [1.29, 1.82) is 0 Å². The van der Waals surface area contributed by atoms with E-state index in [0.29, 0.717) is 6.54 Å². The summed E-state index contributed by atoms with van der Waals surface area (Å²) in [7, 11) is 0. The van der Waals surface area contributed by atoms with Gasteiger partial charge in [-0.1, -0.05) is 19.8 Å². The Labute approximate surface area is 95.8 Å². The number of aromatic amines is 1. The van der Waals surface area contributed by atoms with Gasteiger partial charge in [-0.05, 0) is 25.3 Å². The lowest BCUT2D eigenvalue weighted by Crippen LogP contribution is -2.38. The Hall–Kier alpha value is -1.32. The van der Waals surface area contributed by atoms with Crippen LogP contribution < -0.4 is 5.32 Å². The van der Waals surface area contributed by atoms with Gasteiger partial charge in [0.2, 0.25) is 5.91 Å². The third kappa shape index (κ3) is 2.10. The molecular formula is C12H19N3O. The normalized spacial score (nSPS) is 18.6. The number of H-pyrrole nitrogens is 1. The number of hydrogen-bond donors (Lipinski definition) is 2. The number of aromatic nitrogens is 2. The first-order valence-corrected chi connectivity index (χ1v) is 6.03. The van der Waals surface area contributed by atoms with E-state index in [9.17, 15) is 4.79 Å². The van der Waals surface area contributed by atoms with Crippen molar-refractivity contribution in [1.82, 2.24) is 15.5 Å². The molecule has 0 bridgehead atoms. The Balaban J connectivity index is 1.91. The zero-order valence-electron chi connectivity index (χ0n) is 9.75. The minimum absolute atomic E-state index is 0.0972. The third-order valence-corrected chi connectivity index (χ3v) is 3.72. The minimum atomic E-state index is -0.0972. The largest absolute Gasteiger partial charge is 0.350 e. The molecule has 1 heterocycles. The Morgan fingerprint density at radius 2 is 2.31 bits per heavy atom. The van der Waals surface area contributed by atoms with Crippen molar-refractivity contribution in [3.05, 3.63) is 18.0 Å². The van der Waals surface area contributed by atoms with Gasteiger partial charge in [-0.15, -0.1) is 0 Å². The van der Waals surface area contributed by atoms with E-state index in [1.807, 2.05) is 6.07 Å². The van der Waals surface area contributed by atoms with Crippen LogP contribution in [0.4, 0.5) is 0 Å². The molecule has 88 valence electrons. The van der Waals surface area contributed by atoms with Crippen molar-refractivity contribution in [2.75, 3.05) is 0 Å². The predicted molar refractivity (Wildman–Crippen MR) is 61.6 cm³/mol. The molecule has 1 aliphatic carbocycles. The first kappa shape index (κ1) is 11.2. The van der Waals surface area contributed by atoms with Crippen LogP contribution in [-0.4, -0.2) is 16.1 Å². The average Bonchev–Trinajstić information content (AvgIpc) is 2.97. The average molecular weight is 221 g/mol. The molecule has 0 aliphatic heterocycles. The quantitative estimate of drug-likeness (QED) is 0.817. The molecule has 2 rings (SSSR count). The van der Waals surface area contributed by atoms with Gasteiger partial charge in [0.15, 0.2) is 0 Å². The van der Waals surface area contributed by atoms with E-state index in [0.717, 1.165) is 25.0 Å². The van der Waals surface area contributed by atoms with Crippen LogP contribution in [0.2, 0.25) is 0 Å². The van der Waals surface area contributed by atoms with Crippen molar-refractivity contribution in [2.45, 2.75) is 45.6 Å². The van der Waals surface area contributed by atoms with Gasteiger partial charge in [0, 0.05) is 11.6 Å². The van der Waals surface area contributed by atoms with Crippen LogP contribution in [0, 0.1) is 5.41 Å². The van der Waals surface area contributed by atoms with Gasteiger partial charge < -0.3 is 5.32 Å². The Kier molecular flexibility index (Phi) is 3.27. The SMILES string of the molecule is CCC1(C(=O)NCc2ccn[nH]2)CCCC1. The third-order valence-electron chi connectivity index (χ3n) is 3.72. The summed E-state index contributed by atoms with van der Waals surface area (Å²) in [6.45, 7) is 2.67. The van der Waals surface area contributed by atoms with E-state index in [1.54, 1.807) is 6.20 Å². The lowest BCUT2D eigenvalue weighted by molar-refractivity contribution is -0.131. The molecule has 1 amide bonds. The number of rotatable bonds is 4. The fourth-order valence-electron chi connectivity index (χ4n) is 2.54. The molecule has 16 heavy (non-hydrogen) atoms. The topological polar surface area (TPSA) is 57.8 Å². The molecule has 1 aromatic rings. The Morgan fingerprint density at radius 3 is 2.88 bits per heavy atom. The maximum Gasteiger partial charge on any atom is 0.226 e. The monoisotopic (exact) mass is 221 g/mol. The van der Waals surface area contributed by atoms with E-state index in [1.165, 1.54) is 12.8 Å². The first-order chi connectivity index (χ1) is 7.77. The van der Waals surface area contributed by atoms with E-state index in [2.05, 4.69) is 22.4 Å². The van der Waals surface area contributed by atoms with E-state index in [-0.39, 0.29) is 11.3 Å². The Morgan fingerprint density at radius 1 is 1.56 bits per heavy atom. The summed E-state index contributed by atoms with van der Waals surface area (Å²) >= 11 is 0. The molecule has 1 saturated carbocycles. The van der Waals surface area contributed by atoms with E-state index >= 15 is 0 Å². The molecule has 4 heteroatoms. The summed E-state index contributed by atoms with van der Waals surface area (Å²) in [4.78, 5) is 12.1. The molecule has 0 unspecified atom stereocenters. The molecule has 1 aliphatic rings. The highest BCUT2D eigenvalue weighted by molar-refractivity contribution is 5.82. The van der Waals surface area contributed by atoms with Gasteiger partial charge in [0.05, 0.1) is 12.2 Å². The summed E-state index contributed by atoms with van der Waals surface area (Å²) in [5.41, 5.74) is 0.859. The first-order valence-electron chi connectivity index (χ1n) is 6.03. The van der Waals surface area contributed by atoms with Crippen molar-refractivity contribution in [3.8, 4) is 0 Å². The number of nitrogens with zero attached hydrogens (tertiary/aromatic N) is 1. The van der Waals surface area contributed by atoms with Crippen LogP contribution in [0.25, 0.3) is 0 Å². The highest BCUT2D eigenvalue weighted by Crippen LogP contribution is 2.41. The van der Waals surface area contributed by atoms with Crippen LogP contribution >= 0.6 is 0 Å². The predicted octanol–water partition coefficient (Wildman–Crippen LogP) is 2.00. The van der Waals surface area contributed by atoms with Gasteiger partial charge >= 0.3 is 0 Å². The smallest absolute Gasteiger partial charge is 0.226 e. The van der Waals surface area contributed by atoms with Gasteiger partial charge in [-0.2, -0.15) is 5.10 Å². The van der Waals surface area contributed by atoms with Crippen molar-refractivity contribution < 1.29 is 4.79 Å². The fraction of sp³-hybridized carbons (Fsp3) is 0.667. The van der Waals surface area contributed by atoms with E-state index in [4.69, 9.17) is 0 Å². The number of carbonyl (C=O) groups excluding carboxylic acids is 1. The summed E-state index contributed by atoms with van der Waals surface area (Å²) < 4.78 is 0. The van der Waals surface area contributed by atoms with Crippen LogP contribution in [0.1, 0.15) is 44.7 Å². The highest BCUT2D eigenvalue weighted by Gasteiger charge is 2.38. The summed E-state index contributed by atoms with van der Waals surface area (Å²) in [6.07, 6.45) is 7.10. The molecule has 0 spiro atoms. The van der Waals surface area contributed by atoms with Crippen molar-refractivity contribution >= 4 is 5.91 Å². The number of hydrogen-bond acceptors (Lipinski definition) is 2. The fourth-order valence-corrected chi connectivity index (χ4v) is 2.54. The minimum Gasteiger partial charge on any atom is -0.350 e. The molecule has 0 radical (unpaired) electrons. The summed E-state index contributed by atoms with van der Waals surface area (Å²) in [5, 5.41) is 9.72. The molecule has 0 saturated heterocycles. The van der Waals surface area contributed by atoms with Crippen molar-refractivity contribution in [2.24, 2.45) is 5.41 Å². The summed E-state index contributed by atoms with van der Waals surface area (Å²) in [5.74, 6) is 0.210. The molecule has 4 nitrogen and oxygen atoms in total. The number of carbonyl (C=O) groups is 1. The van der Waals surface area contributed by atoms with Crippen LogP contribution in [0.5, 0.6) is 0 Å². The second-order valence-corrected chi connectivity index (χ2v) is 4.61. The van der Waals surface area contributed by atoms with Crippen LogP contribution in [-0.2, 0) is 11.3 Å². The highest BCUT2D eigenvalue weighted by atomic mass is 16.2. The van der Waals surface area contributed by atoms with Crippen LogP contribution in [0.15, 0.2) is 12.3 Å². The zero-order chi connectivity index (χ0) is 11.4. The molecular weight excluding hydrogens is 202 g/mol. The molecule has 1 aromatic heterocycles. The Bertz CT molecular complexity index is 339. The standard InChI is InChI=1S/C12H19N3O/c1-2-12(6-3-4-7-12)11(16)13-9-10-5-8-14-15-10/h5,8H,2-4,6-7,9H2,1H3,(H,13,16)(H,14,15). The molecule has 2 N–H and O–H groups in total.